The fraction of sp³-hybridized carbons (Fsp3) is 0.250. The van der Waals surface area contributed by atoms with Crippen LogP contribution in [0.25, 0.3) is 0 Å². The summed E-state index contributed by atoms with van der Waals surface area (Å²) in [4.78, 5) is 0. The lowest BCUT2D eigenvalue weighted by atomic mass is 10.1. The molecule has 0 aliphatic rings. The molecule has 2 aromatic rings. The summed E-state index contributed by atoms with van der Waals surface area (Å²) in [5.74, 6) is 0.801. The van der Waals surface area contributed by atoms with Crippen molar-refractivity contribution in [3.8, 4) is 5.75 Å². The SMILES string of the molecule is CCOc1cc(N)cc(NCc2ccccc2C)c1. The normalized spacial score (nSPS) is 10.2. The molecule has 0 fully saturated rings. The first kappa shape index (κ1) is 13.3. The van der Waals surface area contributed by atoms with E-state index in [9.17, 15) is 0 Å². The Kier molecular flexibility index (Phi) is 4.29. The number of hydrogen-bond acceptors (Lipinski definition) is 3. The van der Waals surface area contributed by atoms with E-state index in [1.54, 1.807) is 0 Å². The molecule has 0 aliphatic heterocycles. The van der Waals surface area contributed by atoms with Crippen LogP contribution in [0.15, 0.2) is 42.5 Å². The molecule has 19 heavy (non-hydrogen) atoms. The largest absolute Gasteiger partial charge is 0.494 e. The minimum Gasteiger partial charge on any atom is -0.494 e. The van der Waals surface area contributed by atoms with Gasteiger partial charge in [0.05, 0.1) is 6.61 Å². The van der Waals surface area contributed by atoms with Crippen molar-refractivity contribution in [2.24, 2.45) is 0 Å². The molecule has 3 heteroatoms. The number of nitrogens with two attached hydrogens (primary N) is 1. The molecule has 0 bridgehead atoms. The van der Waals surface area contributed by atoms with E-state index < -0.39 is 0 Å². The lowest BCUT2D eigenvalue weighted by Crippen LogP contribution is -2.02. The van der Waals surface area contributed by atoms with Gasteiger partial charge in [-0.05, 0) is 31.0 Å². The van der Waals surface area contributed by atoms with Gasteiger partial charge in [0, 0.05) is 30.1 Å². The summed E-state index contributed by atoms with van der Waals surface area (Å²) < 4.78 is 5.48. The molecule has 3 N–H and O–H groups in total. The molecular formula is C16H20N2O. The Morgan fingerprint density at radius 2 is 1.95 bits per heavy atom. The van der Waals surface area contributed by atoms with E-state index in [2.05, 4.69) is 30.4 Å². The van der Waals surface area contributed by atoms with E-state index in [1.807, 2.05) is 31.2 Å². The van der Waals surface area contributed by atoms with Crippen LogP contribution in [-0.2, 0) is 6.54 Å². The average Bonchev–Trinajstić information content (AvgIpc) is 2.37. The predicted octanol–water partition coefficient (Wildman–Crippen LogP) is 3.59. The number of rotatable bonds is 5. The van der Waals surface area contributed by atoms with Gasteiger partial charge in [0.2, 0.25) is 0 Å². The van der Waals surface area contributed by atoms with E-state index >= 15 is 0 Å². The molecule has 3 nitrogen and oxygen atoms in total. The Morgan fingerprint density at radius 1 is 1.16 bits per heavy atom. The third kappa shape index (κ3) is 3.65. The summed E-state index contributed by atoms with van der Waals surface area (Å²) in [6.45, 7) is 5.49. The van der Waals surface area contributed by atoms with Gasteiger partial charge in [-0.25, -0.2) is 0 Å². The fourth-order valence-electron chi connectivity index (χ4n) is 1.98. The number of anilines is 2. The van der Waals surface area contributed by atoms with Crippen molar-refractivity contribution in [3.05, 3.63) is 53.6 Å². The lowest BCUT2D eigenvalue weighted by Gasteiger charge is -2.11. The molecule has 0 atom stereocenters. The van der Waals surface area contributed by atoms with Crippen LogP contribution >= 0.6 is 0 Å². The van der Waals surface area contributed by atoms with Crippen LogP contribution in [0.2, 0.25) is 0 Å². The molecule has 0 aliphatic carbocycles. The first-order valence-electron chi connectivity index (χ1n) is 6.51. The zero-order valence-electron chi connectivity index (χ0n) is 11.4. The van der Waals surface area contributed by atoms with E-state index in [0.717, 1.165) is 18.0 Å². The number of nitrogen functional groups attached to an aromatic ring is 1. The van der Waals surface area contributed by atoms with Gasteiger partial charge in [0.1, 0.15) is 5.75 Å². The maximum atomic E-state index is 5.87. The molecule has 0 saturated heterocycles. The van der Waals surface area contributed by atoms with Gasteiger partial charge in [-0.2, -0.15) is 0 Å². The number of ether oxygens (including phenoxy) is 1. The van der Waals surface area contributed by atoms with Gasteiger partial charge in [0.25, 0.3) is 0 Å². The molecule has 2 aromatic carbocycles. The Labute approximate surface area is 114 Å². The molecule has 0 spiro atoms. The highest BCUT2D eigenvalue weighted by molar-refractivity contribution is 5.59. The van der Waals surface area contributed by atoms with Crippen molar-refractivity contribution in [2.45, 2.75) is 20.4 Å². The topological polar surface area (TPSA) is 47.3 Å². The predicted molar refractivity (Wildman–Crippen MR) is 80.5 cm³/mol. The first-order valence-corrected chi connectivity index (χ1v) is 6.51. The highest BCUT2D eigenvalue weighted by Crippen LogP contribution is 2.23. The minimum absolute atomic E-state index is 0.640. The maximum absolute atomic E-state index is 5.87. The third-order valence-electron chi connectivity index (χ3n) is 2.98. The van der Waals surface area contributed by atoms with Crippen molar-refractivity contribution in [1.29, 1.82) is 0 Å². The second-order valence-electron chi connectivity index (χ2n) is 4.50. The number of aryl methyl sites for hydroxylation is 1. The molecule has 0 unspecified atom stereocenters. The summed E-state index contributed by atoms with van der Waals surface area (Å²) in [5, 5.41) is 3.38. The van der Waals surface area contributed by atoms with E-state index in [1.165, 1.54) is 11.1 Å². The van der Waals surface area contributed by atoms with E-state index in [0.29, 0.717) is 12.3 Å². The quantitative estimate of drug-likeness (QED) is 0.804. The number of hydrogen-bond donors (Lipinski definition) is 2. The van der Waals surface area contributed by atoms with Gasteiger partial charge in [-0.1, -0.05) is 24.3 Å². The second kappa shape index (κ2) is 6.14. The van der Waals surface area contributed by atoms with Crippen molar-refractivity contribution in [1.82, 2.24) is 0 Å². The molecule has 0 radical (unpaired) electrons. The molecular weight excluding hydrogens is 236 g/mol. The summed E-state index contributed by atoms with van der Waals surface area (Å²) in [5.41, 5.74) is 10.1. The van der Waals surface area contributed by atoms with Crippen molar-refractivity contribution in [2.75, 3.05) is 17.7 Å². The molecule has 0 heterocycles. The molecule has 100 valence electrons. The van der Waals surface area contributed by atoms with Crippen LogP contribution in [-0.4, -0.2) is 6.61 Å². The first-order chi connectivity index (χ1) is 9.19. The summed E-state index contributed by atoms with van der Waals surface area (Å²) >= 11 is 0. The number of nitrogens with one attached hydrogen (secondary N) is 1. The fourth-order valence-corrected chi connectivity index (χ4v) is 1.98. The van der Waals surface area contributed by atoms with Gasteiger partial charge in [-0.3, -0.25) is 0 Å². The van der Waals surface area contributed by atoms with Crippen LogP contribution in [0, 0.1) is 6.92 Å². The van der Waals surface area contributed by atoms with Gasteiger partial charge >= 0.3 is 0 Å². The van der Waals surface area contributed by atoms with Gasteiger partial charge < -0.3 is 15.8 Å². The van der Waals surface area contributed by atoms with E-state index in [4.69, 9.17) is 10.5 Å². The summed E-state index contributed by atoms with van der Waals surface area (Å²) in [6.07, 6.45) is 0. The highest BCUT2D eigenvalue weighted by atomic mass is 16.5. The van der Waals surface area contributed by atoms with E-state index in [-0.39, 0.29) is 0 Å². The van der Waals surface area contributed by atoms with Crippen LogP contribution in [0.5, 0.6) is 5.75 Å². The van der Waals surface area contributed by atoms with Crippen molar-refractivity contribution in [3.63, 3.8) is 0 Å². The Morgan fingerprint density at radius 3 is 2.68 bits per heavy atom. The molecule has 0 aromatic heterocycles. The lowest BCUT2D eigenvalue weighted by molar-refractivity contribution is 0.340. The summed E-state index contributed by atoms with van der Waals surface area (Å²) in [6, 6.07) is 14.1. The zero-order chi connectivity index (χ0) is 13.7. The average molecular weight is 256 g/mol. The van der Waals surface area contributed by atoms with Gasteiger partial charge in [0.15, 0.2) is 0 Å². The number of benzene rings is 2. The standard InChI is InChI=1S/C16H20N2O/c1-3-19-16-9-14(17)8-15(10-16)18-11-13-7-5-4-6-12(13)2/h4-10,18H,3,11,17H2,1-2H3. The second-order valence-corrected chi connectivity index (χ2v) is 4.50. The third-order valence-corrected chi connectivity index (χ3v) is 2.98. The Balaban J connectivity index is 2.09. The van der Waals surface area contributed by atoms with Crippen LogP contribution in [0.3, 0.4) is 0 Å². The smallest absolute Gasteiger partial charge is 0.123 e. The van der Waals surface area contributed by atoms with Crippen molar-refractivity contribution >= 4 is 11.4 Å². The Bertz CT molecular complexity index is 552. The molecule has 0 saturated carbocycles. The zero-order valence-corrected chi connectivity index (χ0v) is 11.4. The minimum atomic E-state index is 0.640. The van der Waals surface area contributed by atoms with Crippen molar-refractivity contribution < 1.29 is 4.74 Å². The maximum Gasteiger partial charge on any atom is 0.123 e. The molecule has 0 amide bonds. The highest BCUT2D eigenvalue weighted by Gasteiger charge is 2.01. The van der Waals surface area contributed by atoms with Crippen LogP contribution in [0.1, 0.15) is 18.1 Å². The van der Waals surface area contributed by atoms with Crippen LogP contribution in [0.4, 0.5) is 11.4 Å². The Hall–Kier alpha value is -2.16. The monoisotopic (exact) mass is 256 g/mol. The molecule has 2 rings (SSSR count). The van der Waals surface area contributed by atoms with Crippen LogP contribution < -0.4 is 15.8 Å². The summed E-state index contributed by atoms with van der Waals surface area (Å²) in [7, 11) is 0. The van der Waals surface area contributed by atoms with Gasteiger partial charge in [-0.15, -0.1) is 0 Å².